The second-order valence-electron chi connectivity index (χ2n) is 4.84. The van der Waals surface area contributed by atoms with E-state index >= 15 is 0 Å². The zero-order valence-corrected chi connectivity index (χ0v) is 14.6. The number of nitrogens with zero attached hydrogens (tertiary/aromatic N) is 2. The van der Waals surface area contributed by atoms with Crippen molar-refractivity contribution in [1.29, 1.82) is 0 Å². The van der Waals surface area contributed by atoms with E-state index in [-0.39, 0.29) is 0 Å². The van der Waals surface area contributed by atoms with Gasteiger partial charge >= 0.3 is 0 Å². The minimum atomic E-state index is 0.328. The topological polar surface area (TPSA) is 29.9 Å². The summed E-state index contributed by atoms with van der Waals surface area (Å²) in [4.78, 5) is 0. The Labute approximate surface area is 138 Å². The summed E-state index contributed by atoms with van der Waals surface area (Å²) >= 11 is 8.49. The van der Waals surface area contributed by atoms with Gasteiger partial charge in [-0.1, -0.05) is 24.6 Å². The third-order valence-corrected chi connectivity index (χ3v) is 4.85. The fourth-order valence-electron chi connectivity index (χ4n) is 2.27. The first-order valence-corrected chi connectivity index (χ1v) is 8.21. The Hall–Kier alpha value is -0.590. The summed E-state index contributed by atoms with van der Waals surface area (Å²) in [6.07, 6.45) is 6.05. The second-order valence-corrected chi connectivity index (χ2v) is 6.41. The Morgan fingerprint density at radius 3 is 2.85 bits per heavy atom. The molecule has 1 aromatic heterocycles. The molecular formula is C15H19ClIN3. The summed E-state index contributed by atoms with van der Waals surface area (Å²) in [5, 5.41) is 8.57. The maximum Gasteiger partial charge on any atom is 0.0542 e. The zero-order chi connectivity index (χ0) is 14.5. The van der Waals surface area contributed by atoms with Crippen LogP contribution in [0.5, 0.6) is 0 Å². The van der Waals surface area contributed by atoms with Gasteiger partial charge in [0.25, 0.3) is 0 Å². The quantitative estimate of drug-likeness (QED) is 0.740. The minimum absolute atomic E-state index is 0.328. The summed E-state index contributed by atoms with van der Waals surface area (Å²) in [5.41, 5.74) is 2.52. The van der Waals surface area contributed by atoms with Crippen LogP contribution in [0.15, 0.2) is 30.6 Å². The molecule has 0 aliphatic heterocycles. The van der Waals surface area contributed by atoms with Crippen molar-refractivity contribution in [2.24, 2.45) is 7.05 Å². The van der Waals surface area contributed by atoms with E-state index in [1.54, 1.807) is 0 Å². The zero-order valence-electron chi connectivity index (χ0n) is 11.7. The summed E-state index contributed by atoms with van der Waals surface area (Å²) in [5.74, 6) is 0. The van der Waals surface area contributed by atoms with Crippen molar-refractivity contribution in [3.8, 4) is 0 Å². The van der Waals surface area contributed by atoms with E-state index in [4.69, 9.17) is 11.6 Å². The number of rotatable bonds is 6. The van der Waals surface area contributed by atoms with Gasteiger partial charge in [0.1, 0.15) is 0 Å². The molecule has 1 atom stereocenters. The second kappa shape index (κ2) is 7.43. The maximum absolute atomic E-state index is 6.23. The van der Waals surface area contributed by atoms with Gasteiger partial charge in [-0.3, -0.25) is 4.68 Å². The van der Waals surface area contributed by atoms with Crippen LogP contribution in [0, 0.1) is 3.57 Å². The van der Waals surface area contributed by atoms with E-state index in [9.17, 15) is 0 Å². The summed E-state index contributed by atoms with van der Waals surface area (Å²) in [6.45, 7) is 3.08. The standard InChI is InChI=1S/C15H19ClIN3/c1-3-18-15(7-4-11-9-19-20(2)10-11)12-5-6-14(17)13(16)8-12/h5-6,8-10,15,18H,3-4,7H2,1-2H3. The van der Waals surface area contributed by atoms with Gasteiger partial charge in [-0.15, -0.1) is 0 Å². The average molecular weight is 404 g/mol. The number of halogens is 2. The molecule has 0 spiro atoms. The van der Waals surface area contributed by atoms with E-state index in [1.807, 2.05) is 17.9 Å². The highest BCUT2D eigenvalue weighted by Crippen LogP contribution is 2.25. The molecule has 2 aromatic rings. The Morgan fingerprint density at radius 2 is 2.25 bits per heavy atom. The van der Waals surface area contributed by atoms with Crippen LogP contribution in [-0.4, -0.2) is 16.3 Å². The van der Waals surface area contributed by atoms with Gasteiger partial charge in [-0.2, -0.15) is 5.10 Å². The van der Waals surface area contributed by atoms with Crippen LogP contribution in [0.25, 0.3) is 0 Å². The van der Waals surface area contributed by atoms with Gasteiger partial charge in [-0.05, 0) is 65.2 Å². The third-order valence-electron chi connectivity index (χ3n) is 3.28. The number of benzene rings is 1. The number of aromatic nitrogens is 2. The third kappa shape index (κ3) is 4.20. The van der Waals surface area contributed by atoms with Crippen molar-refractivity contribution in [3.63, 3.8) is 0 Å². The Morgan fingerprint density at radius 1 is 1.45 bits per heavy atom. The SMILES string of the molecule is CCNC(CCc1cnn(C)c1)c1ccc(I)c(Cl)c1. The van der Waals surface area contributed by atoms with E-state index in [0.717, 1.165) is 28.0 Å². The number of hydrogen-bond donors (Lipinski definition) is 1. The van der Waals surface area contributed by atoms with Crippen LogP contribution in [0.1, 0.15) is 30.5 Å². The highest BCUT2D eigenvalue weighted by molar-refractivity contribution is 14.1. The molecule has 1 unspecified atom stereocenters. The molecule has 0 saturated carbocycles. The normalized spacial score (nSPS) is 12.6. The van der Waals surface area contributed by atoms with Crippen LogP contribution in [0.3, 0.4) is 0 Å². The highest BCUT2D eigenvalue weighted by atomic mass is 127. The fraction of sp³-hybridized carbons (Fsp3) is 0.400. The highest BCUT2D eigenvalue weighted by Gasteiger charge is 2.12. The van der Waals surface area contributed by atoms with E-state index in [2.05, 4.69) is 64.3 Å². The lowest BCUT2D eigenvalue weighted by Gasteiger charge is -2.18. The first-order valence-electron chi connectivity index (χ1n) is 6.76. The van der Waals surface area contributed by atoms with Gasteiger partial charge in [0.05, 0.1) is 11.2 Å². The van der Waals surface area contributed by atoms with Crippen LogP contribution >= 0.6 is 34.2 Å². The van der Waals surface area contributed by atoms with E-state index in [1.165, 1.54) is 11.1 Å². The predicted octanol–water partition coefficient (Wildman–Crippen LogP) is 3.96. The summed E-state index contributed by atoms with van der Waals surface area (Å²) in [7, 11) is 1.95. The molecule has 0 amide bonds. The molecular weight excluding hydrogens is 385 g/mol. The molecule has 0 radical (unpaired) electrons. The first-order chi connectivity index (χ1) is 9.60. The smallest absolute Gasteiger partial charge is 0.0542 e. The molecule has 1 aromatic carbocycles. The number of hydrogen-bond acceptors (Lipinski definition) is 2. The van der Waals surface area contributed by atoms with Gasteiger partial charge in [-0.25, -0.2) is 0 Å². The van der Waals surface area contributed by atoms with Crippen molar-refractivity contribution >= 4 is 34.2 Å². The lowest BCUT2D eigenvalue weighted by atomic mass is 10.00. The number of nitrogens with one attached hydrogen (secondary N) is 1. The van der Waals surface area contributed by atoms with Gasteiger partial charge in [0.2, 0.25) is 0 Å². The summed E-state index contributed by atoms with van der Waals surface area (Å²) < 4.78 is 2.94. The lowest BCUT2D eigenvalue weighted by Crippen LogP contribution is -2.21. The maximum atomic E-state index is 6.23. The fourth-order valence-corrected chi connectivity index (χ4v) is 2.80. The Balaban J connectivity index is 2.07. The first kappa shape index (κ1) is 15.8. The lowest BCUT2D eigenvalue weighted by molar-refractivity contribution is 0.515. The van der Waals surface area contributed by atoms with Crippen molar-refractivity contribution in [1.82, 2.24) is 15.1 Å². The van der Waals surface area contributed by atoms with Gasteiger partial charge < -0.3 is 5.32 Å². The van der Waals surface area contributed by atoms with Crippen LogP contribution in [0.4, 0.5) is 0 Å². The molecule has 0 aliphatic carbocycles. The predicted molar refractivity (Wildman–Crippen MR) is 92.1 cm³/mol. The molecule has 0 bridgehead atoms. The van der Waals surface area contributed by atoms with Crippen molar-refractivity contribution in [3.05, 3.63) is 50.3 Å². The number of aryl methyl sites for hydroxylation is 2. The van der Waals surface area contributed by atoms with Crippen molar-refractivity contribution in [2.75, 3.05) is 6.54 Å². The molecule has 1 N–H and O–H groups in total. The average Bonchev–Trinajstić information content (AvgIpc) is 2.84. The molecule has 2 rings (SSSR count). The molecule has 0 fully saturated rings. The van der Waals surface area contributed by atoms with Gasteiger partial charge in [0, 0.05) is 22.9 Å². The molecule has 20 heavy (non-hydrogen) atoms. The van der Waals surface area contributed by atoms with Crippen LogP contribution < -0.4 is 5.32 Å². The van der Waals surface area contributed by atoms with Crippen molar-refractivity contribution in [2.45, 2.75) is 25.8 Å². The Bertz CT molecular complexity index is 568. The monoisotopic (exact) mass is 403 g/mol. The molecule has 0 aliphatic rings. The summed E-state index contributed by atoms with van der Waals surface area (Å²) in [6, 6.07) is 6.63. The molecule has 108 valence electrons. The van der Waals surface area contributed by atoms with Crippen LogP contribution in [0.2, 0.25) is 5.02 Å². The molecule has 3 nitrogen and oxygen atoms in total. The molecule has 1 heterocycles. The van der Waals surface area contributed by atoms with Crippen LogP contribution in [-0.2, 0) is 13.5 Å². The largest absolute Gasteiger partial charge is 0.310 e. The van der Waals surface area contributed by atoms with E-state index in [0.29, 0.717) is 6.04 Å². The Kier molecular flexibility index (Phi) is 5.86. The molecule has 5 heteroatoms. The van der Waals surface area contributed by atoms with E-state index < -0.39 is 0 Å². The van der Waals surface area contributed by atoms with Gasteiger partial charge in [0.15, 0.2) is 0 Å². The minimum Gasteiger partial charge on any atom is -0.310 e. The molecule has 0 saturated heterocycles. The van der Waals surface area contributed by atoms with Crippen molar-refractivity contribution < 1.29 is 0 Å².